The molecule has 2 saturated carbocycles. The van der Waals surface area contributed by atoms with Crippen LogP contribution in [0.4, 0.5) is 4.79 Å². The fraction of sp³-hybridized carbons (Fsp3) is 0.714. The van der Waals surface area contributed by atoms with E-state index in [-0.39, 0.29) is 40.5 Å². The minimum Gasteiger partial charge on any atom is -0.381 e. The SMILES string of the molecule is C=CCNC(=O)C(O)C(NC(=O)[C@@H]1[C@@H]2[C@H](CN1C(=O)[C@@H](NC(=O)N[C@H](CN(C)S(=O)(=O)c1cccs1)C(C)(C)C)C(C)(C)C)C2(C)C)C1CC1. The van der Waals surface area contributed by atoms with Crippen molar-refractivity contribution in [3.05, 3.63) is 30.2 Å². The molecule has 0 aromatic carbocycles. The highest BCUT2D eigenvalue weighted by molar-refractivity contribution is 7.91. The number of thiophene rings is 1. The number of nitrogens with one attached hydrogen (secondary N) is 4. The zero-order chi connectivity index (χ0) is 37.6. The van der Waals surface area contributed by atoms with Crippen LogP contribution in [0.15, 0.2) is 34.4 Å². The molecular weight excluding hydrogens is 681 g/mol. The summed E-state index contributed by atoms with van der Waals surface area (Å²) in [5.74, 6) is -1.55. The number of carbonyl (C=O) groups excluding carboxylic acids is 4. The van der Waals surface area contributed by atoms with Gasteiger partial charge < -0.3 is 31.3 Å². The molecule has 1 aliphatic heterocycles. The Bertz CT molecular complexity index is 1550. The Morgan fingerprint density at radius 3 is 2.26 bits per heavy atom. The average molecular weight is 737 g/mol. The van der Waals surface area contributed by atoms with Crippen LogP contribution in [-0.2, 0) is 24.4 Å². The minimum absolute atomic E-state index is 0.00226. The maximum Gasteiger partial charge on any atom is 0.315 e. The third-order valence-electron chi connectivity index (χ3n) is 10.6. The highest BCUT2D eigenvalue weighted by atomic mass is 32.2. The molecule has 3 aliphatic rings. The number of hydrogen-bond donors (Lipinski definition) is 5. The van der Waals surface area contributed by atoms with E-state index in [0.717, 1.165) is 24.2 Å². The predicted molar refractivity (Wildman–Crippen MR) is 192 cm³/mol. The Balaban J connectivity index is 1.52. The monoisotopic (exact) mass is 736 g/mol. The molecule has 280 valence electrons. The first-order valence-electron chi connectivity index (χ1n) is 17.3. The van der Waals surface area contributed by atoms with E-state index in [1.165, 1.54) is 23.5 Å². The molecule has 13 nitrogen and oxygen atoms in total. The standard InChI is InChI=1S/C35H56N6O7S2/c1-11-16-36-30(44)27(42)25(20-14-15-20)38-29(43)26-24-21(35(24,8)9)18-41(26)31(45)28(34(5,6)7)39-32(46)37-22(33(2,3)4)19-40(10)50(47,48)23-13-12-17-49-23/h11-13,17,20-22,24-28,42H,1,14-16,18-19H2,2-10H3,(H,36,44)(H,38,43)(H2,37,39,46)/t21-,22+,24-,25?,26-,27?,28+/m0/s1. The molecule has 5 amide bonds. The van der Waals surface area contributed by atoms with Crippen LogP contribution in [0.2, 0.25) is 0 Å². The Morgan fingerprint density at radius 1 is 1.10 bits per heavy atom. The first-order valence-corrected chi connectivity index (χ1v) is 19.6. The maximum atomic E-state index is 14.4. The number of aliphatic hydroxyl groups is 1. The number of hydrogen-bond acceptors (Lipinski definition) is 8. The summed E-state index contributed by atoms with van der Waals surface area (Å²) in [5, 5.41) is 23.9. The molecule has 2 heterocycles. The van der Waals surface area contributed by atoms with E-state index < -0.39 is 74.9 Å². The molecule has 5 N–H and O–H groups in total. The largest absolute Gasteiger partial charge is 0.381 e. The van der Waals surface area contributed by atoms with Gasteiger partial charge in [0.25, 0.3) is 15.9 Å². The van der Waals surface area contributed by atoms with Gasteiger partial charge in [0.15, 0.2) is 6.10 Å². The van der Waals surface area contributed by atoms with Crippen molar-refractivity contribution >= 4 is 45.1 Å². The number of fused-ring (bicyclic) bond motifs is 1. The van der Waals surface area contributed by atoms with Crippen molar-refractivity contribution in [3.8, 4) is 0 Å². The van der Waals surface area contributed by atoms with Gasteiger partial charge in [0.2, 0.25) is 11.8 Å². The van der Waals surface area contributed by atoms with Gasteiger partial charge in [-0.3, -0.25) is 14.4 Å². The molecule has 1 saturated heterocycles. The van der Waals surface area contributed by atoms with Gasteiger partial charge in [0.1, 0.15) is 16.3 Å². The summed E-state index contributed by atoms with van der Waals surface area (Å²) in [5.41, 5.74) is -1.50. The number of aliphatic hydroxyl groups excluding tert-OH is 1. The quantitative estimate of drug-likeness (QED) is 0.182. The van der Waals surface area contributed by atoms with Crippen LogP contribution in [0.25, 0.3) is 0 Å². The molecule has 50 heavy (non-hydrogen) atoms. The van der Waals surface area contributed by atoms with Crippen LogP contribution in [0.1, 0.15) is 68.2 Å². The number of likely N-dealkylation sites (N-methyl/N-ethyl adjacent to an activating group) is 1. The van der Waals surface area contributed by atoms with Crippen LogP contribution in [0.3, 0.4) is 0 Å². The van der Waals surface area contributed by atoms with E-state index in [9.17, 15) is 32.7 Å². The summed E-state index contributed by atoms with van der Waals surface area (Å²) < 4.78 is 27.7. The molecular formula is C35H56N6O7S2. The number of sulfonamides is 1. The minimum atomic E-state index is -3.77. The van der Waals surface area contributed by atoms with Gasteiger partial charge in [0.05, 0.1) is 6.04 Å². The third kappa shape index (κ3) is 8.54. The summed E-state index contributed by atoms with van der Waals surface area (Å²) >= 11 is 1.12. The lowest BCUT2D eigenvalue weighted by atomic mass is 9.85. The van der Waals surface area contributed by atoms with Gasteiger partial charge in [-0.15, -0.1) is 17.9 Å². The fourth-order valence-corrected chi connectivity index (χ4v) is 9.40. The van der Waals surface area contributed by atoms with Crippen LogP contribution in [0.5, 0.6) is 0 Å². The van der Waals surface area contributed by atoms with Crippen molar-refractivity contribution in [2.24, 2.45) is 34.0 Å². The highest BCUT2D eigenvalue weighted by Gasteiger charge is 2.70. The number of rotatable bonds is 14. The predicted octanol–water partition coefficient (Wildman–Crippen LogP) is 2.54. The molecule has 2 unspecified atom stereocenters. The summed E-state index contributed by atoms with van der Waals surface area (Å²) in [6, 6.07) is -0.724. The number of urea groups is 1. The lowest BCUT2D eigenvalue weighted by Crippen LogP contribution is -2.63. The van der Waals surface area contributed by atoms with Crippen LogP contribution in [0, 0.1) is 34.0 Å². The molecule has 2 aliphatic carbocycles. The van der Waals surface area contributed by atoms with Gasteiger partial charge in [-0.1, -0.05) is 67.5 Å². The Labute approximate surface area is 301 Å². The van der Waals surface area contributed by atoms with Crippen molar-refractivity contribution in [2.75, 3.05) is 26.7 Å². The van der Waals surface area contributed by atoms with E-state index in [2.05, 4.69) is 41.7 Å². The van der Waals surface area contributed by atoms with E-state index in [1.54, 1.807) is 16.3 Å². The van der Waals surface area contributed by atoms with Crippen molar-refractivity contribution in [1.82, 2.24) is 30.5 Å². The van der Waals surface area contributed by atoms with Crippen LogP contribution in [-0.4, -0.2) is 103 Å². The second-order valence-electron chi connectivity index (χ2n) is 16.8. The van der Waals surface area contributed by atoms with Gasteiger partial charge in [-0.05, 0) is 58.3 Å². The van der Waals surface area contributed by atoms with Gasteiger partial charge in [-0.25, -0.2) is 13.2 Å². The molecule has 7 atom stereocenters. The van der Waals surface area contributed by atoms with Gasteiger partial charge in [0, 0.05) is 32.7 Å². The van der Waals surface area contributed by atoms with Crippen molar-refractivity contribution in [2.45, 2.75) is 103 Å². The number of piperidine rings is 1. The zero-order valence-electron chi connectivity index (χ0n) is 30.8. The number of amides is 5. The highest BCUT2D eigenvalue weighted by Crippen LogP contribution is 2.65. The average Bonchev–Trinajstić information content (AvgIpc) is 3.73. The lowest BCUT2D eigenvalue weighted by Gasteiger charge is -2.39. The number of likely N-dealkylation sites (tertiary alicyclic amines) is 1. The summed E-state index contributed by atoms with van der Waals surface area (Å²) in [6.07, 6.45) is 1.57. The lowest BCUT2D eigenvalue weighted by molar-refractivity contribution is -0.145. The van der Waals surface area contributed by atoms with Crippen LogP contribution < -0.4 is 21.3 Å². The van der Waals surface area contributed by atoms with Crippen molar-refractivity contribution in [3.63, 3.8) is 0 Å². The smallest absolute Gasteiger partial charge is 0.315 e. The third-order valence-corrected chi connectivity index (χ3v) is 13.8. The van der Waals surface area contributed by atoms with E-state index in [1.807, 2.05) is 41.5 Å². The summed E-state index contributed by atoms with van der Waals surface area (Å²) in [4.78, 5) is 56.3. The molecule has 0 spiro atoms. The molecule has 15 heteroatoms. The second kappa shape index (κ2) is 14.5. The second-order valence-corrected chi connectivity index (χ2v) is 20.0. The van der Waals surface area contributed by atoms with Crippen LogP contribution >= 0.6 is 11.3 Å². The summed E-state index contributed by atoms with van der Waals surface area (Å²) in [7, 11) is -2.29. The van der Waals surface area contributed by atoms with E-state index in [4.69, 9.17) is 0 Å². The molecule has 1 aromatic rings. The topological polar surface area (TPSA) is 177 Å². The maximum absolute atomic E-state index is 14.4. The van der Waals surface area contributed by atoms with E-state index >= 15 is 0 Å². The Kier molecular flexibility index (Phi) is 11.6. The van der Waals surface area contributed by atoms with Gasteiger partial charge >= 0.3 is 6.03 Å². The number of carbonyl (C=O) groups is 4. The number of nitrogens with zero attached hydrogens (tertiary/aromatic N) is 2. The fourth-order valence-electron chi connectivity index (χ4n) is 7.01. The molecule has 0 radical (unpaired) electrons. The Hall–Kier alpha value is -3.01. The van der Waals surface area contributed by atoms with Crippen molar-refractivity contribution in [1.29, 1.82) is 0 Å². The molecule has 0 bridgehead atoms. The van der Waals surface area contributed by atoms with Crippen molar-refractivity contribution < 1.29 is 32.7 Å². The first kappa shape index (κ1) is 39.8. The van der Waals surface area contributed by atoms with Gasteiger partial charge in [-0.2, -0.15) is 4.31 Å². The zero-order valence-corrected chi connectivity index (χ0v) is 32.4. The summed E-state index contributed by atoms with van der Waals surface area (Å²) in [6.45, 7) is 19.4. The normalized spacial score (nSPS) is 24.0. The molecule has 1 aromatic heterocycles. The van der Waals surface area contributed by atoms with E-state index in [0.29, 0.717) is 6.54 Å². The Morgan fingerprint density at radius 2 is 1.74 bits per heavy atom. The molecule has 4 rings (SSSR count). The first-order chi connectivity index (χ1) is 23.0. The molecule has 3 fully saturated rings.